The third-order valence-corrected chi connectivity index (χ3v) is 4.68. The molecule has 5 heteroatoms. The first kappa shape index (κ1) is 13.9. The maximum atomic E-state index is 12.3. The van der Waals surface area contributed by atoms with Gasteiger partial charge in [-0.25, -0.2) is 9.59 Å². The molecule has 3 rings (SSSR count). The van der Waals surface area contributed by atoms with Gasteiger partial charge in [0.05, 0.1) is 5.56 Å². The SMILES string of the molecule is CC1(C)CC1CNC(=O)N1CCc2cc(C(=O)O)ccc21. The first-order chi connectivity index (χ1) is 9.88. The minimum absolute atomic E-state index is 0.0838. The molecule has 0 bridgehead atoms. The van der Waals surface area contributed by atoms with Crippen molar-refractivity contribution in [1.82, 2.24) is 5.32 Å². The quantitative estimate of drug-likeness (QED) is 0.898. The predicted octanol–water partition coefficient (Wildman–Crippen LogP) is 2.50. The third-order valence-electron chi connectivity index (χ3n) is 4.68. The number of nitrogens with one attached hydrogen (secondary N) is 1. The number of benzene rings is 1. The highest BCUT2D eigenvalue weighted by atomic mass is 16.4. The maximum Gasteiger partial charge on any atom is 0.335 e. The van der Waals surface area contributed by atoms with Crippen LogP contribution in [0.25, 0.3) is 0 Å². The number of nitrogens with zero attached hydrogens (tertiary/aromatic N) is 1. The van der Waals surface area contributed by atoms with Gasteiger partial charge in [-0.3, -0.25) is 4.90 Å². The number of rotatable bonds is 3. The van der Waals surface area contributed by atoms with Gasteiger partial charge in [0.25, 0.3) is 0 Å². The molecule has 1 unspecified atom stereocenters. The number of carbonyl (C=O) groups is 2. The Balaban J connectivity index is 1.66. The maximum absolute atomic E-state index is 12.3. The third kappa shape index (κ3) is 2.60. The van der Waals surface area contributed by atoms with Crippen LogP contribution in [0.15, 0.2) is 18.2 Å². The highest BCUT2D eigenvalue weighted by Crippen LogP contribution is 2.51. The number of urea groups is 1. The number of hydrogen-bond donors (Lipinski definition) is 2. The number of anilines is 1. The molecular weight excluding hydrogens is 268 g/mol. The molecule has 2 aliphatic rings. The summed E-state index contributed by atoms with van der Waals surface area (Å²) in [4.78, 5) is 24.9. The number of carboxylic acids is 1. The lowest BCUT2D eigenvalue weighted by Gasteiger charge is -2.18. The average molecular weight is 288 g/mol. The Bertz CT molecular complexity index is 610. The van der Waals surface area contributed by atoms with Crippen molar-refractivity contribution >= 4 is 17.7 Å². The topological polar surface area (TPSA) is 69.6 Å². The lowest BCUT2D eigenvalue weighted by atomic mass is 10.1. The zero-order valence-corrected chi connectivity index (χ0v) is 12.3. The largest absolute Gasteiger partial charge is 0.478 e. The lowest BCUT2D eigenvalue weighted by molar-refractivity contribution is 0.0697. The summed E-state index contributed by atoms with van der Waals surface area (Å²) in [6.07, 6.45) is 1.87. The van der Waals surface area contributed by atoms with E-state index in [-0.39, 0.29) is 11.6 Å². The molecule has 1 aliphatic heterocycles. The number of carboxylic acid groups (broad SMARTS) is 1. The molecule has 0 aromatic heterocycles. The summed E-state index contributed by atoms with van der Waals surface area (Å²) in [5.41, 5.74) is 2.38. The van der Waals surface area contributed by atoms with Gasteiger partial charge >= 0.3 is 12.0 Å². The number of aromatic carboxylic acids is 1. The Hall–Kier alpha value is -2.04. The van der Waals surface area contributed by atoms with Gasteiger partial charge in [-0.2, -0.15) is 0 Å². The smallest absolute Gasteiger partial charge is 0.335 e. The van der Waals surface area contributed by atoms with E-state index in [4.69, 9.17) is 5.11 Å². The minimum atomic E-state index is -0.934. The summed E-state index contributed by atoms with van der Waals surface area (Å²) in [6.45, 7) is 5.74. The molecule has 1 fully saturated rings. The van der Waals surface area contributed by atoms with Gasteiger partial charge in [0.15, 0.2) is 0 Å². The van der Waals surface area contributed by atoms with E-state index in [1.807, 2.05) is 0 Å². The van der Waals surface area contributed by atoms with Crippen molar-refractivity contribution < 1.29 is 14.7 Å². The normalized spacial score (nSPS) is 21.8. The van der Waals surface area contributed by atoms with Gasteiger partial charge in [0.2, 0.25) is 0 Å². The molecule has 2 N–H and O–H groups in total. The van der Waals surface area contributed by atoms with Gasteiger partial charge in [-0.1, -0.05) is 13.8 Å². The summed E-state index contributed by atoms with van der Waals surface area (Å²) >= 11 is 0. The van der Waals surface area contributed by atoms with Crippen LogP contribution < -0.4 is 10.2 Å². The van der Waals surface area contributed by atoms with Crippen LogP contribution in [0.3, 0.4) is 0 Å². The van der Waals surface area contributed by atoms with E-state index in [1.165, 1.54) is 0 Å². The molecule has 1 atom stereocenters. The Labute approximate surface area is 123 Å². The van der Waals surface area contributed by atoms with Gasteiger partial charge in [0.1, 0.15) is 0 Å². The van der Waals surface area contributed by atoms with Crippen molar-refractivity contribution in [2.45, 2.75) is 26.7 Å². The Morgan fingerprint density at radius 2 is 2.14 bits per heavy atom. The highest BCUT2D eigenvalue weighted by molar-refractivity contribution is 5.96. The number of hydrogen-bond acceptors (Lipinski definition) is 2. The first-order valence-corrected chi connectivity index (χ1v) is 7.30. The molecule has 0 spiro atoms. The van der Waals surface area contributed by atoms with Crippen LogP contribution in [0.5, 0.6) is 0 Å². The van der Waals surface area contributed by atoms with Crippen LogP contribution in [0.2, 0.25) is 0 Å². The summed E-state index contributed by atoms with van der Waals surface area (Å²) in [5, 5.41) is 12.0. The lowest BCUT2D eigenvalue weighted by Crippen LogP contribution is -2.40. The molecule has 21 heavy (non-hydrogen) atoms. The standard InChI is InChI=1S/C16H20N2O3/c1-16(2)8-12(16)9-17-15(21)18-6-5-10-7-11(14(19)20)3-4-13(10)18/h3-4,7,12H,5-6,8-9H2,1-2H3,(H,17,21)(H,19,20). The molecule has 1 heterocycles. The van der Waals surface area contributed by atoms with E-state index in [0.717, 1.165) is 17.7 Å². The van der Waals surface area contributed by atoms with Crippen molar-refractivity contribution in [3.63, 3.8) is 0 Å². The molecule has 1 aliphatic carbocycles. The number of amides is 2. The summed E-state index contributed by atoms with van der Waals surface area (Å²) in [5.74, 6) is -0.366. The zero-order chi connectivity index (χ0) is 15.2. The molecule has 2 amide bonds. The van der Waals surface area contributed by atoms with E-state index >= 15 is 0 Å². The second-order valence-electron chi connectivity index (χ2n) is 6.63. The molecule has 0 saturated heterocycles. The van der Waals surface area contributed by atoms with Gasteiger partial charge in [-0.15, -0.1) is 0 Å². The van der Waals surface area contributed by atoms with Gasteiger partial charge in [-0.05, 0) is 47.9 Å². The van der Waals surface area contributed by atoms with E-state index in [1.54, 1.807) is 23.1 Å². The molecule has 0 radical (unpaired) electrons. The van der Waals surface area contributed by atoms with Crippen molar-refractivity contribution in [1.29, 1.82) is 0 Å². The molecule has 1 aromatic carbocycles. The Kier molecular flexibility index (Phi) is 3.15. The second kappa shape index (κ2) is 4.76. The molecule has 5 nitrogen and oxygen atoms in total. The van der Waals surface area contributed by atoms with Crippen LogP contribution in [0, 0.1) is 11.3 Å². The highest BCUT2D eigenvalue weighted by Gasteiger charge is 2.45. The molecular formula is C16H20N2O3. The zero-order valence-electron chi connectivity index (χ0n) is 12.3. The van der Waals surface area contributed by atoms with Crippen molar-refractivity contribution in [3.8, 4) is 0 Å². The van der Waals surface area contributed by atoms with Crippen LogP contribution in [0.1, 0.15) is 36.2 Å². The molecule has 1 aromatic rings. The Morgan fingerprint density at radius 1 is 1.43 bits per heavy atom. The fourth-order valence-corrected chi connectivity index (χ4v) is 2.98. The number of carbonyl (C=O) groups excluding carboxylic acids is 1. The Morgan fingerprint density at radius 3 is 2.76 bits per heavy atom. The van der Waals surface area contributed by atoms with E-state index < -0.39 is 5.97 Å². The summed E-state index contributed by atoms with van der Waals surface area (Å²) in [6, 6.07) is 4.86. The van der Waals surface area contributed by atoms with Crippen LogP contribution in [0.4, 0.5) is 10.5 Å². The van der Waals surface area contributed by atoms with E-state index in [0.29, 0.717) is 30.8 Å². The molecule has 1 saturated carbocycles. The summed E-state index contributed by atoms with van der Waals surface area (Å²) < 4.78 is 0. The van der Waals surface area contributed by atoms with E-state index in [9.17, 15) is 9.59 Å². The fraction of sp³-hybridized carbons (Fsp3) is 0.500. The van der Waals surface area contributed by atoms with Crippen LogP contribution in [-0.4, -0.2) is 30.2 Å². The number of fused-ring (bicyclic) bond motifs is 1. The van der Waals surface area contributed by atoms with Crippen LogP contribution >= 0.6 is 0 Å². The molecule has 112 valence electrons. The van der Waals surface area contributed by atoms with Gasteiger partial charge in [0, 0.05) is 18.8 Å². The van der Waals surface area contributed by atoms with E-state index in [2.05, 4.69) is 19.2 Å². The predicted molar refractivity (Wildman–Crippen MR) is 79.7 cm³/mol. The summed E-state index contributed by atoms with van der Waals surface area (Å²) in [7, 11) is 0. The van der Waals surface area contributed by atoms with Crippen molar-refractivity contribution in [3.05, 3.63) is 29.3 Å². The van der Waals surface area contributed by atoms with Crippen molar-refractivity contribution in [2.75, 3.05) is 18.0 Å². The monoisotopic (exact) mass is 288 g/mol. The first-order valence-electron chi connectivity index (χ1n) is 7.30. The second-order valence-corrected chi connectivity index (χ2v) is 6.63. The fourth-order valence-electron chi connectivity index (χ4n) is 2.98. The van der Waals surface area contributed by atoms with Gasteiger partial charge < -0.3 is 10.4 Å². The minimum Gasteiger partial charge on any atom is -0.478 e. The average Bonchev–Trinajstić information content (AvgIpc) is 2.85. The van der Waals surface area contributed by atoms with Crippen LogP contribution in [-0.2, 0) is 6.42 Å². The van der Waals surface area contributed by atoms with Crippen molar-refractivity contribution in [2.24, 2.45) is 11.3 Å².